The molecule has 0 radical (unpaired) electrons. The van der Waals surface area contributed by atoms with E-state index in [1.807, 2.05) is 48.3 Å². The summed E-state index contributed by atoms with van der Waals surface area (Å²) in [4.78, 5) is 17.4. The summed E-state index contributed by atoms with van der Waals surface area (Å²) in [5.74, 6) is 0.731. The van der Waals surface area contributed by atoms with Crippen LogP contribution in [0.2, 0.25) is 10.0 Å². The second kappa shape index (κ2) is 12.1. The average Bonchev–Trinajstić information content (AvgIpc) is 2.62. The molecule has 0 aliphatic rings. The molecule has 5 nitrogen and oxygen atoms in total. The molecule has 0 spiro atoms. The summed E-state index contributed by atoms with van der Waals surface area (Å²) in [5, 5.41) is 7.22. The number of guanidine groups is 1. The van der Waals surface area contributed by atoms with Crippen molar-refractivity contribution in [3.05, 3.63) is 63.6 Å². The van der Waals surface area contributed by atoms with Crippen LogP contribution < -0.4 is 10.6 Å². The molecule has 0 saturated heterocycles. The minimum atomic E-state index is -0.0711. The Kier molecular flexibility index (Phi) is 10.6. The Balaban J connectivity index is 0.00000392. The molecule has 0 aliphatic carbocycles. The molecular formula is C20H25Cl2IN4O. The Morgan fingerprint density at radius 3 is 2.29 bits per heavy atom. The van der Waals surface area contributed by atoms with E-state index in [2.05, 4.69) is 15.6 Å². The summed E-state index contributed by atoms with van der Waals surface area (Å²) in [7, 11) is 3.73. The van der Waals surface area contributed by atoms with Crippen LogP contribution in [0, 0.1) is 0 Å². The topological polar surface area (TPSA) is 56.7 Å². The first kappa shape index (κ1) is 24.5. The number of nitrogens with one attached hydrogen (secondary N) is 2. The molecule has 2 aromatic carbocycles. The number of carbonyl (C=O) groups excluding carboxylic acids is 1. The van der Waals surface area contributed by atoms with Gasteiger partial charge in [-0.3, -0.25) is 9.79 Å². The number of nitrogens with zero attached hydrogens (tertiary/aromatic N) is 2. The van der Waals surface area contributed by atoms with Crippen molar-refractivity contribution in [2.75, 3.05) is 26.0 Å². The highest BCUT2D eigenvalue weighted by Gasteiger charge is 2.08. The molecule has 2 aromatic rings. The van der Waals surface area contributed by atoms with Crippen molar-refractivity contribution in [3.8, 4) is 0 Å². The average molecular weight is 535 g/mol. The van der Waals surface area contributed by atoms with Crippen molar-refractivity contribution in [1.82, 2.24) is 10.2 Å². The molecule has 0 saturated carbocycles. The van der Waals surface area contributed by atoms with E-state index in [1.54, 1.807) is 13.1 Å². The van der Waals surface area contributed by atoms with Crippen LogP contribution >= 0.6 is 47.2 Å². The number of hydrogen-bond acceptors (Lipinski definition) is 2. The van der Waals surface area contributed by atoms with E-state index in [4.69, 9.17) is 23.2 Å². The quantitative estimate of drug-likeness (QED) is 0.317. The second-order valence-electron chi connectivity index (χ2n) is 6.21. The van der Waals surface area contributed by atoms with E-state index in [9.17, 15) is 4.79 Å². The predicted molar refractivity (Wildman–Crippen MR) is 129 cm³/mol. The van der Waals surface area contributed by atoms with Crippen molar-refractivity contribution >= 4 is 64.7 Å². The van der Waals surface area contributed by atoms with Crippen molar-refractivity contribution in [3.63, 3.8) is 0 Å². The van der Waals surface area contributed by atoms with Crippen molar-refractivity contribution in [2.45, 2.75) is 19.9 Å². The smallest absolute Gasteiger partial charge is 0.221 e. The largest absolute Gasteiger partial charge is 0.356 e. The highest BCUT2D eigenvalue weighted by molar-refractivity contribution is 14.0. The van der Waals surface area contributed by atoms with Crippen molar-refractivity contribution in [2.24, 2.45) is 4.99 Å². The Morgan fingerprint density at radius 2 is 1.71 bits per heavy atom. The van der Waals surface area contributed by atoms with Gasteiger partial charge in [0.1, 0.15) is 0 Å². The van der Waals surface area contributed by atoms with E-state index in [-0.39, 0.29) is 29.9 Å². The maximum Gasteiger partial charge on any atom is 0.221 e. The lowest BCUT2D eigenvalue weighted by molar-refractivity contribution is -0.114. The number of hydrogen-bond donors (Lipinski definition) is 2. The molecule has 0 bridgehead atoms. The Hall–Kier alpha value is -1.51. The summed E-state index contributed by atoms with van der Waals surface area (Å²) in [6, 6.07) is 13.4. The lowest BCUT2D eigenvalue weighted by Crippen LogP contribution is -2.39. The van der Waals surface area contributed by atoms with Gasteiger partial charge in [0.25, 0.3) is 0 Å². The predicted octanol–water partition coefficient (Wildman–Crippen LogP) is 4.82. The molecule has 2 rings (SSSR count). The van der Waals surface area contributed by atoms with Gasteiger partial charge >= 0.3 is 0 Å². The van der Waals surface area contributed by atoms with E-state index < -0.39 is 0 Å². The van der Waals surface area contributed by atoms with Crippen LogP contribution in [0.5, 0.6) is 0 Å². The zero-order valence-corrected chi connectivity index (χ0v) is 20.0. The summed E-state index contributed by atoms with van der Waals surface area (Å²) >= 11 is 12.0. The maximum atomic E-state index is 11.1. The minimum Gasteiger partial charge on any atom is -0.356 e. The van der Waals surface area contributed by atoms with E-state index in [1.165, 1.54) is 12.5 Å². The summed E-state index contributed by atoms with van der Waals surface area (Å²) in [6.07, 6.45) is 0.847. The molecule has 28 heavy (non-hydrogen) atoms. The van der Waals surface area contributed by atoms with Gasteiger partial charge in [0.15, 0.2) is 5.96 Å². The van der Waals surface area contributed by atoms with Gasteiger partial charge in [-0.25, -0.2) is 0 Å². The van der Waals surface area contributed by atoms with Gasteiger partial charge < -0.3 is 15.5 Å². The van der Waals surface area contributed by atoms with E-state index in [0.29, 0.717) is 16.6 Å². The number of benzene rings is 2. The fourth-order valence-electron chi connectivity index (χ4n) is 2.65. The van der Waals surface area contributed by atoms with Crippen molar-refractivity contribution in [1.29, 1.82) is 0 Å². The molecule has 2 N–H and O–H groups in total. The fourth-order valence-corrected chi connectivity index (χ4v) is 2.97. The molecule has 0 aliphatic heterocycles. The van der Waals surface area contributed by atoms with E-state index in [0.717, 1.165) is 30.2 Å². The van der Waals surface area contributed by atoms with Crippen LogP contribution in [0.25, 0.3) is 0 Å². The molecule has 0 heterocycles. The number of halogens is 3. The number of amides is 1. The molecule has 0 aromatic heterocycles. The summed E-state index contributed by atoms with van der Waals surface area (Å²) in [5.41, 5.74) is 3.04. The number of aliphatic imine (C=N–C) groups is 1. The molecule has 0 unspecified atom stereocenters. The number of rotatable bonds is 6. The zero-order valence-electron chi connectivity index (χ0n) is 16.1. The van der Waals surface area contributed by atoms with Gasteiger partial charge in [0, 0.05) is 39.8 Å². The molecule has 0 atom stereocenters. The fraction of sp³-hybridized carbons (Fsp3) is 0.300. The van der Waals surface area contributed by atoms with Crippen LogP contribution in [0.4, 0.5) is 5.69 Å². The Morgan fingerprint density at radius 1 is 1.07 bits per heavy atom. The number of anilines is 1. The minimum absolute atomic E-state index is 0. The van der Waals surface area contributed by atoms with Crippen LogP contribution in [-0.2, 0) is 17.8 Å². The molecular weight excluding hydrogens is 510 g/mol. The highest BCUT2D eigenvalue weighted by atomic mass is 127. The second-order valence-corrected chi connectivity index (χ2v) is 7.02. The van der Waals surface area contributed by atoms with Gasteiger partial charge in [0.05, 0.1) is 10.0 Å². The van der Waals surface area contributed by atoms with Crippen molar-refractivity contribution < 1.29 is 4.79 Å². The van der Waals surface area contributed by atoms with Gasteiger partial charge in [0.2, 0.25) is 5.91 Å². The lowest BCUT2D eigenvalue weighted by Gasteiger charge is -2.22. The van der Waals surface area contributed by atoms with Crippen LogP contribution in [-0.4, -0.2) is 37.4 Å². The maximum absolute atomic E-state index is 11.1. The van der Waals surface area contributed by atoms with Gasteiger partial charge in [-0.1, -0.05) is 41.4 Å². The molecule has 0 fully saturated rings. The third kappa shape index (κ3) is 7.85. The normalized spacial score (nSPS) is 10.8. The highest BCUT2D eigenvalue weighted by Crippen LogP contribution is 2.23. The first-order valence-corrected chi connectivity index (χ1v) is 9.37. The van der Waals surface area contributed by atoms with Crippen LogP contribution in [0.3, 0.4) is 0 Å². The van der Waals surface area contributed by atoms with Gasteiger partial charge in [-0.05, 0) is 41.8 Å². The van der Waals surface area contributed by atoms with Crippen LogP contribution in [0.1, 0.15) is 18.1 Å². The third-order valence-corrected chi connectivity index (χ3v) is 4.69. The summed E-state index contributed by atoms with van der Waals surface area (Å²) < 4.78 is 0. The standard InChI is InChI=1S/C20H24Cl2N4O.HI/c1-14(27)25-17-7-4-15(5-8-17)10-11-24-20(23-2)26(3)13-16-6-9-18(21)19(22)12-16;/h4-9,12H,10-11,13H2,1-3H3,(H,23,24)(H,25,27);1H. The number of carbonyl (C=O) groups is 1. The zero-order chi connectivity index (χ0) is 19.8. The molecule has 1 amide bonds. The monoisotopic (exact) mass is 534 g/mol. The molecule has 152 valence electrons. The summed E-state index contributed by atoms with van der Waals surface area (Å²) in [6.45, 7) is 2.91. The molecule has 8 heteroatoms. The first-order chi connectivity index (χ1) is 12.9. The Bertz CT molecular complexity index is 812. The first-order valence-electron chi connectivity index (χ1n) is 8.61. The van der Waals surface area contributed by atoms with E-state index >= 15 is 0 Å². The van der Waals surface area contributed by atoms with Gasteiger partial charge in [-0.15, -0.1) is 24.0 Å². The Labute approximate surface area is 193 Å². The van der Waals surface area contributed by atoms with Crippen LogP contribution in [0.15, 0.2) is 47.5 Å². The third-order valence-electron chi connectivity index (χ3n) is 3.95. The van der Waals surface area contributed by atoms with Gasteiger partial charge in [-0.2, -0.15) is 0 Å². The lowest BCUT2D eigenvalue weighted by atomic mass is 10.1. The SMILES string of the molecule is CN=C(NCCc1ccc(NC(C)=O)cc1)N(C)Cc1ccc(Cl)c(Cl)c1.I.